The number of rotatable bonds is 3. The molecule has 0 aliphatic heterocycles. The number of halogens is 1. The van der Waals surface area contributed by atoms with E-state index in [2.05, 4.69) is 4.98 Å². The fourth-order valence-corrected chi connectivity index (χ4v) is 2.01. The number of hydrogen-bond donors (Lipinski definition) is 2. The molecule has 2 aromatic rings. The van der Waals surface area contributed by atoms with Crippen LogP contribution in [0.4, 0.5) is 0 Å². The number of aryl methyl sites for hydroxylation is 1. The van der Waals surface area contributed by atoms with Gasteiger partial charge in [-0.25, -0.2) is 4.79 Å². The van der Waals surface area contributed by atoms with E-state index in [4.69, 9.17) is 16.7 Å². The molecule has 0 atom stereocenters. The predicted octanol–water partition coefficient (Wildman–Crippen LogP) is 1.34. The van der Waals surface area contributed by atoms with Gasteiger partial charge < -0.3 is 15.2 Å². The molecule has 0 unspecified atom stereocenters. The second-order valence-electron chi connectivity index (χ2n) is 4.33. The summed E-state index contributed by atoms with van der Waals surface area (Å²) in [4.78, 5) is 37.4. The number of carbonyl (C=O) groups excluding carboxylic acids is 1. The van der Waals surface area contributed by atoms with Crippen molar-refractivity contribution >= 4 is 23.4 Å². The summed E-state index contributed by atoms with van der Waals surface area (Å²) in [6, 6.07) is 4.53. The zero-order chi connectivity index (χ0) is 15.7. The molecule has 1 heterocycles. The molecule has 1 aromatic heterocycles. The van der Waals surface area contributed by atoms with Gasteiger partial charge >= 0.3 is 5.97 Å². The Morgan fingerprint density at radius 3 is 2.48 bits per heavy atom. The van der Waals surface area contributed by atoms with Crippen LogP contribution in [0.3, 0.4) is 0 Å². The van der Waals surface area contributed by atoms with Gasteiger partial charge in [0.2, 0.25) is 0 Å². The number of nitrogens with one attached hydrogen (secondary N) is 1. The maximum absolute atomic E-state index is 12.3. The standard InChI is InChI=1S/C14H10ClNO5/c1-6-8(14(20)21)5-10(13(19)16-6)12(18)9-4-7(15)2-3-11(9)17/h2-5,17H,1H3,(H,16,19)(H,20,21)/p-1. The molecule has 21 heavy (non-hydrogen) atoms. The number of aromatic nitrogens is 1. The molecular formula is C14H9ClNO5-. The van der Waals surface area contributed by atoms with Gasteiger partial charge in [-0.1, -0.05) is 23.4 Å². The minimum absolute atomic E-state index is 0.123. The molecule has 6 nitrogen and oxygen atoms in total. The summed E-state index contributed by atoms with van der Waals surface area (Å²) in [5, 5.41) is 20.9. The van der Waals surface area contributed by atoms with E-state index >= 15 is 0 Å². The van der Waals surface area contributed by atoms with Crippen molar-refractivity contribution in [2.75, 3.05) is 0 Å². The van der Waals surface area contributed by atoms with E-state index in [9.17, 15) is 19.5 Å². The van der Waals surface area contributed by atoms with Crippen molar-refractivity contribution in [1.29, 1.82) is 0 Å². The van der Waals surface area contributed by atoms with Crippen molar-refractivity contribution in [2.24, 2.45) is 0 Å². The lowest BCUT2D eigenvalue weighted by molar-refractivity contribution is -0.268. The predicted molar refractivity (Wildman–Crippen MR) is 73.1 cm³/mol. The molecule has 0 saturated carbocycles. The van der Waals surface area contributed by atoms with Crippen molar-refractivity contribution in [3.8, 4) is 5.75 Å². The third kappa shape index (κ3) is 2.80. The van der Waals surface area contributed by atoms with Crippen LogP contribution in [0.2, 0.25) is 5.02 Å². The van der Waals surface area contributed by atoms with E-state index < -0.39 is 28.6 Å². The smallest absolute Gasteiger partial charge is 0.337 e. The van der Waals surface area contributed by atoms with Gasteiger partial charge in [0.05, 0.1) is 11.1 Å². The Labute approximate surface area is 123 Å². The lowest BCUT2D eigenvalue weighted by Crippen LogP contribution is -2.22. The molecule has 0 spiro atoms. The fraction of sp³-hybridized carbons (Fsp3) is 0.0714. The molecule has 0 amide bonds. The molecule has 1 aromatic carbocycles. The Kier molecular flexibility index (Phi) is 3.82. The summed E-state index contributed by atoms with van der Waals surface area (Å²) in [6.07, 6.45) is 0. The molecule has 108 valence electrons. The Hall–Kier alpha value is -2.60. The van der Waals surface area contributed by atoms with E-state index in [1.54, 1.807) is 0 Å². The Balaban J connectivity index is 2.64. The SMILES string of the molecule is Cc1[nH]c(=O)c(C(=O)c2cc(Cl)ccc2[O-])cc1C(=O)O. The van der Waals surface area contributed by atoms with Crippen molar-refractivity contribution in [2.45, 2.75) is 6.92 Å². The minimum Gasteiger partial charge on any atom is -0.872 e. The number of aromatic amines is 1. The van der Waals surface area contributed by atoms with Gasteiger partial charge in [-0.3, -0.25) is 9.59 Å². The number of carbonyl (C=O) groups is 2. The summed E-state index contributed by atoms with van der Waals surface area (Å²) >= 11 is 5.72. The highest BCUT2D eigenvalue weighted by atomic mass is 35.5. The molecule has 2 N–H and O–H groups in total. The maximum atomic E-state index is 12.3. The van der Waals surface area contributed by atoms with Gasteiger partial charge in [0.15, 0.2) is 5.78 Å². The van der Waals surface area contributed by atoms with Crippen LogP contribution in [0.1, 0.15) is 32.0 Å². The molecular weight excluding hydrogens is 298 g/mol. The lowest BCUT2D eigenvalue weighted by Gasteiger charge is -2.12. The highest BCUT2D eigenvalue weighted by Gasteiger charge is 2.18. The van der Waals surface area contributed by atoms with E-state index in [0.717, 1.165) is 18.2 Å². The van der Waals surface area contributed by atoms with Crippen LogP contribution in [0.15, 0.2) is 29.1 Å². The molecule has 0 radical (unpaired) electrons. The second-order valence-corrected chi connectivity index (χ2v) is 4.76. The van der Waals surface area contributed by atoms with Crippen LogP contribution >= 0.6 is 11.6 Å². The summed E-state index contributed by atoms with van der Waals surface area (Å²) in [7, 11) is 0. The first-order valence-corrected chi connectivity index (χ1v) is 6.17. The van der Waals surface area contributed by atoms with Gasteiger partial charge in [0.1, 0.15) is 0 Å². The van der Waals surface area contributed by atoms with Crippen LogP contribution < -0.4 is 10.7 Å². The topological polar surface area (TPSA) is 110 Å². The normalized spacial score (nSPS) is 10.4. The number of benzene rings is 1. The molecule has 2 rings (SSSR count). The average Bonchev–Trinajstić information content (AvgIpc) is 2.40. The van der Waals surface area contributed by atoms with Crippen molar-refractivity contribution in [3.05, 3.63) is 62.0 Å². The number of carboxylic acids is 1. The van der Waals surface area contributed by atoms with Gasteiger partial charge in [-0.05, 0) is 25.1 Å². The largest absolute Gasteiger partial charge is 0.872 e. The highest BCUT2D eigenvalue weighted by Crippen LogP contribution is 2.21. The van der Waals surface area contributed by atoms with E-state index in [0.29, 0.717) is 0 Å². The lowest BCUT2D eigenvalue weighted by atomic mass is 10.0. The van der Waals surface area contributed by atoms with E-state index in [-0.39, 0.29) is 21.8 Å². The van der Waals surface area contributed by atoms with Crippen molar-refractivity contribution in [1.82, 2.24) is 4.98 Å². The highest BCUT2D eigenvalue weighted by molar-refractivity contribution is 6.31. The maximum Gasteiger partial charge on any atom is 0.337 e. The van der Waals surface area contributed by atoms with Crippen LogP contribution in [-0.2, 0) is 0 Å². The molecule has 0 bridgehead atoms. The van der Waals surface area contributed by atoms with Crippen LogP contribution in [0, 0.1) is 6.92 Å². The molecule has 7 heteroatoms. The minimum atomic E-state index is -1.29. The summed E-state index contributed by atoms with van der Waals surface area (Å²) in [6.45, 7) is 1.40. The van der Waals surface area contributed by atoms with Crippen LogP contribution in [0.25, 0.3) is 0 Å². The molecule has 0 aliphatic carbocycles. The first-order chi connectivity index (χ1) is 9.81. The monoisotopic (exact) mass is 306 g/mol. The Bertz CT molecular complexity index is 809. The number of H-pyrrole nitrogens is 1. The molecule has 0 aliphatic rings. The third-order valence-electron chi connectivity index (χ3n) is 2.90. The quantitative estimate of drug-likeness (QED) is 0.831. The van der Waals surface area contributed by atoms with Crippen molar-refractivity contribution in [3.63, 3.8) is 0 Å². The summed E-state index contributed by atoms with van der Waals surface area (Å²) in [5.41, 5.74) is -1.56. The zero-order valence-electron chi connectivity index (χ0n) is 10.8. The van der Waals surface area contributed by atoms with Gasteiger partial charge in [-0.15, -0.1) is 0 Å². The van der Waals surface area contributed by atoms with Gasteiger partial charge in [-0.2, -0.15) is 0 Å². The Morgan fingerprint density at radius 2 is 1.86 bits per heavy atom. The van der Waals surface area contributed by atoms with Crippen molar-refractivity contribution < 1.29 is 19.8 Å². The summed E-state index contributed by atoms with van der Waals surface area (Å²) in [5.74, 6) is -2.75. The molecule has 0 saturated heterocycles. The number of pyridine rings is 1. The Morgan fingerprint density at radius 1 is 1.19 bits per heavy atom. The van der Waals surface area contributed by atoms with E-state index in [1.165, 1.54) is 13.0 Å². The number of carboxylic acid groups (broad SMARTS) is 1. The second kappa shape index (κ2) is 5.41. The summed E-state index contributed by atoms with van der Waals surface area (Å²) < 4.78 is 0. The van der Waals surface area contributed by atoms with Crippen LogP contribution in [-0.4, -0.2) is 21.8 Å². The number of ketones is 1. The first kappa shape index (κ1) is 14.8. The van der Waals surface area contributed by atoms with Gasteiger partial charge in [0, 0.05) is 16.3 Å². The number of aromatic carboxylic acids is 1. The van der Waals surface area contributed by atoms with Crippen LogP contribution in [0.5, 0.6) is 5.75 Å². The molecule has 0 fully saturated rings. The van der Waals surface area contributed by atoms with Gasteiger partial charge in [0.25, 0.3) is 5.56 Å². The average molecular weight is 307 g/mol. The first-order valence-electron chi connectivity index (χ1n) is 5.79. The number of hydrogen-bond acceptors (Lipinski definition) is 4. The zero-order valence-corrected chi connectivity index (χ0v) is 11.5. The third-order valence-corrected chi connectivity index (χ3v) is 3.13. The van der Waals surface area contributed by atoms with E-state index in [1.807, 2.05) is 0 Å². The fourth-order valence-electron chi connectivity index (χ4n) is 1.84.